The molecule has 3 aromatic carbocycles. The maximum atomic E-state index is 13.2. The monoisotopic (exact) mass is 474 g/mol. The number of methoxy groups -OCH3 is 3. The first-order valence-corrected chi connectivity index (χ1v) is 10.8. The van der Waals surface area contributed by atoms with Gasteiger partial charge in [-0.05, 0) is 53.6 Å². The molecule has 2 heterocycles. The molecule has 1 N–H and O–H groups in total. The highest BCUT2D eigenvalue weighted by Gasteiger charge is 2.39. The Hall–Kier alpha value is -4.46. The Morgan fingerprint density at radius 1 is 0.914 bits per heavy atom. The van der Waals surface area contributed by atoms with Crippen molar-refractivity contribution >= 4 is 17.8 Å². The van der Waals surface area contributed by atoms with Crippen molar-refractivity contribution < 1.29 is 38.4 Å². The van der Waals surface area contributed by atoms with E-state index in [1.807, 2.05) is 12.1 Å². The minimum absolute atomic E-state index is 0.00954. The Balaban J connectivity index is 1.61. The summed E-state index contributed by atoms with van der Waals surface area (Å²) < 4.78 is 27.3. The number of fused-ring (bicyclic) bond motifs is 3. The maximum Gasteiger partial charge on any atom is 0.312 e. The number of hydrogen-bond acceptors (Lipinski definition) is 8. The highest BCUT2D eigenvalue weighted by Crippen LogP contribution is 2.51. The third-order valence-corrected chi connectivity index (χ3v) is 6.10. The number of carbonyl (C=O) groups excluding carboxylic acids is 2. The smallest absolute Gasteiger partial charge is 0.312 e. The zero-order chi connectivity index (χ0) is 24.7. The molecule has 2 aliphatic rings. The van der Waals surface area contributed by atoms with Gasteiger partial charge in [-0.1, -0.05) is 12.1 Å². The van der Waals surface area contributed by atoms with Gasteiger partial charge in [0.15, 0.2) is 17.3 Å². The number of phenolic OH excluding ortho intramolecular Hbond substituents is 1. The third-order valence-electron chi connectivity index (χ3n) is 6.10. The molecule has 8 heteroatoms. The molecular formula is C27H22O8. The molecule has 0 radical (unpaired) electrons. The van der Waals surface area contributed by atoms with Crippen LogP contribution in [-0.2, 0) is 4.79 Å². The molecule has 0 amide bonds. The van der Waals surface area contributed by atoms with E-state index in [9.17, 15) is 14.7 Å². The number of ether oxygens (including phenoxy) is 5. The molecule has 0 aliphatic carbocycles. The lowest BCUT2D eigenvalue weighted by atomic mass is 9.84. The molecule has 35 heavy (non-hydrogen) atoms. The van der Waals surface area contributed by atoms with Crippen molar-refractivity contribution in [3.05, 3.63) is 76.5 Å². The number of benzene rings is 3. The molecule has 0 aromatic heterocycles. The second-order valence-electron chi connectivity index (χ2n) is 8.07. The van der Waals surface area contributed by atoms with Crippen LogP contribution in [0.25, 0.3) is 6.08 Å². The lowest BCUT2D eigenvalue weighted by molar-refractivity contribution is -0.135. The van der Waals surface area contributed by atoms with Crippen molar-refractivity contribution in [3.8, 4) is 34.5 Å². The van der Waals surface area contributed by atoms with E-state index in [4.69, 9.17) is 23.7 Å². The molecule has 1 atom stereocenters. The van der Waals surface area contributed by atoms with E-state index in [1.54, 1.807) is 49.6 Å². The normalized spacial score (nSPS) is 17.3. The Labute approximate surface area is 201 Å². The fourth-order valence-corrected chi connectivity index (χ4v) is 4.36. The Kier molecular flexibility index (Phi) is 5.56. The average Bonchev–Trinajstić information content (AvgIpc) is 3.19. The van der Waals surface area contributed by atoms with Crippen molar-refractivity contribution in [2.45, 2.75) is 12.3 Å². The Morgan fingerprint density at radius 2 is 1.60 bits per heavy atom. The summed E-state index contributed by atoms with van der Waals surface area (Å²) >= 11 is 0. The zero-order valence-corrected chi connectivity index (χ0v) is 19.3. The summed E-state index contributed by atoms with van der Waals surface area (Å²) in [6, 6.07) is 13.7. The van der Waals surface area contributed by atoms with Crippen LogP contribution in [0.4, 0.5) is 0 Å². The Bertz CT molecular complexity index is 1350. The molecule has 0 fully saturated rings. The van der Waals surface area contributed by atoms with Crippen LogP contribution in [0.1, 0.15) is 39.4 Å². The van der Waals surface area contributed by atoms with Gasteiger partial charge in [0.2, 0.25) is 11.5 Å². The van der Waals surface area contributed by atoms with Crippen molar-refractivity contribution in [1.82, 2.24) is 0 Å². The lowest BCUT2D eigenvalue weighted by Crippen LogP contribution is -2.21. The van der Waals surface area contributed by atoms with E-state index >= 15 is 0 Å². The number of Topliss-reactive ketones (excluding diaryl/α,β-unsaturated/α-hetero) is 1. The van der Waals surface area contributed by atoms with Crippen LogP contribution >= 0.6 is 0 Å². The minimum atomic E-state index is -0.516. The first-order valence-electron chi connectivity index (χ1n) is 10.8. The summed E-state index contributed by atoms with van der Waals surface area (Å²) in [5, 5.41) is 10.3. The predicted molar refractivity (Wildman–Crippen MR) is 126 cm³/mol. The molecule has 1 unspecified atom stereocenters. The summed E-state index contributed by atoms with van der Waals surface area (Å²) in [7, 11) is 4.44. The number of hydrogen-bond donors (Lipinski definition) is 1. The second kappa shape index (κ2) is 8.72. The molecule has 2 aliphatic heterocycles. The van der Waals surface area contributed by atoms with Crippen LogP contribution in [0.3, 0.4) is 0 Å². The third kappa shape index (κ3) is 3.82. The summed E-state index contributed by atoms with van der Waals surface area (Å²) in [4.78, 5) is 25.6. The van der Waals surface area contributed by atoms with Gasteiger partial charge >= 0.3 is 5.97 Å². The molecule has 8 nitrogen and oxygen atoms in total. The van der Waals surface area contributed by atoms with Crippen LogP contribution in [0.2, 0.25) is 0 Å². The van der Waals surface area contributed by atoms with Gasteiger partial charge in [0.05, 0.1) is 33.3 Å². The molecular weight excluding hydrogens is 452 g/mol. The van der Waals surface area contributed by atoms with Crippen molar-refractivity contribution in [2.24, 2.45) is 0 Å². The van der Waals surface area contributed by atoms with E-state index < -0.39 is 11.9 Å². The summed E-state index contributed by atoms with van der Waals surface area (Å²) in [5.41, 5.74) is 2.37. The second-order valence-corrected chi connectivity index (χ2v) is 8.07. The van der Waals surface area contributed by atoms with Crippen LogP contribution in [0, 0.1) is 0 Å². The van der Waals surface area contributed by atoms with Gasteiger partial charge in [-0.2, -0.15) is 0 Å². The molecule has 178 valence electrons. The van der Waals surface area contributed by atoms with E-state index in [1.165, 1.54) is 14.2 Å². The van der Waals surface area contributed by atoms with Gasteiger partial charge in [0.25, 0.3) is 0 Å². The maximum absolute atomic E-state index is 13.2. The number of esters is 1. The van der Waals surface area contributed by atoms with Gasteiger partial charge in [-0.15, -0.1) is 0 Å². The number of phenols is 1. The number of aromatic hydroxyl groups is 1. The standard InChI is InChI=1S/C27H22O8/c1-31-16-6-4-14(5-7-16)10-22-25(29)17-8-9-19-24(27(17)35-22)18(13-23(28)34-19)15-11-20(32-2)26(30)21(12-15)33-3/h4-12,18,30H,13H2,1-3H3/b22-10+. The van der Waals surface area contributed by atoms with E-state index in [-0.39, 0.29) is 35.2 Å². The van der Waals surface area contributed by atoms with Gasteiger partial charge < -0.3 is 28.8 Å². The molecule has 5 rings (SSSR count). The zero-order valence-electron chi connectivity index (χ0n) is 19.3. The SMILES string of the molecule is COc1ccc(/C=C2/Oc3c(ccc4c3C(c3cc(OC)c(O)c(OC)c3)CC(=O)O4)C2=O)cc1. The van der Waals surface area contributed by atoms with E-state index in [0.29, 0.717) is 33.9 Å². The van der Waals surface area contributed by atoms with Gasteiger partial charge in [-0.3, -0.25) is 9.59 Å². The molecule has 0 saturated heterocycles. The fourth-order valence-electron chi connectivity index (χ4n) is 4.36. The Morgan fingerprint density at radius 3 is 2.23 bits per heavy atom. The highest BCUT2D eigenvalue weighted by molar-refractivity contribution is 6.15. The van der Waals surface area contributed by atoms with Crippen LogP contribution < -0.4 is 23.7 Å². The van der Waals surface area contributed by atoms with Crippen LogP contribution in [-0.4, -0.2) is 38.2 Å². The summed E-state index contributed by atoms with van der Waals surface area (Å²) in [5.74, 6) is 0.563. The van der Waals surface area contributed by atoms with Crippen LogP contribution in [0.15, 0.2) is 54.3 Å². The summed E-state index contributed by atoms with van der Waals surface area (Å²) in [6.45, 7) is 0. The average molecular weight is 474 g/mol. The highest BCUT2D eigenvalue weighted by atomic mass is 16.5. The summed E-state index contributed by atoms with van der Waals surface area (Å²) in [6.07, 6.45) is 1.67. The minimum Gasteiger partial charge on any atom is -0.502 e. The van der Waals surface area contributed by atoms with Gasteiger partial charge in [-0.25, -0.2) is 0 Å². The number of carbonyl (C=O) groups is 2. The lowest BCUT2D eigenvalue weighted by Gasteiger charge is -2.27. The number of rotatable bonds is 5. The van der Waals surface area contributed by atoms with Crippen molar-refractivity contribution in [1.29, 1.82) is 0 Å². The predicted octanol–water partition coefficient (Wildman–Crippen LogP) is 4.48. The van der Waals surface area contributed by atoms with Gasteiger partial charge in [0, 0.05) is 11.5 Å². The number of ketones is 1. The van der Waals surface area contributed by atoms with Crippen LogP contribution in [0.5, 0.6) is 34.5 Å². The van der Waals surface area contributed by atoms with E-state index in [0.717, 1.165) is 5.56 Å². The molecule has 0 bridgehead atoms. The quantitative estimate of drug-likeness (QED) is 0.328. The van der Waals surface area contributed by atoms with Crippen molar-refractivity contribution in [3.63, 3.8) is 0 Å². The first-order chi connectivity index (χ1) is 16.9. The fraction of sp³-hybridized carbons (Fsp3) is 0.185. The molecule has 0 spiro atoms. The molecule has 3 aromatic rings. The van der Waals surface area contributed by atoms with Crippen molar-refractivity contribution in [2.75, 3.05) is 21.3 Å². The number of allylic oxidation sites excluding steroid dienone is 1. The van der Waals surface area contributed by atoms with E-state index in [2.05, 4.69) is 0 Å². The molecule has 0 saturated carbocycles. The largest absolute Gasteiger partial charge is 0.502 e. The first kappa shape index (κ1) is 22.3. The topological polar surface area (TPSA) is 101 Å². The van der Waals surface area contributed by atoms with Gasteiger partial charge in [0.1, 0.15) is 17.2 Å².